The lowest BCUT2D eigenvalue weighted by molar-refractivity contribution is -0.138. The first-order chi connectivity index (χ1) is 20.9. The molecule has 0 aromatic heterocycles. The number of likely N-dealkylation sites (tertiary alicyclic amines) is 1. The van der Waals surface area contributed by atoms with Gasteiger partial charge in [0.2, 0.25) is 5.91 Å². The van der Waals surface area contributed by atoms with Crippen molar-refractivity contribution in [1.29, 1.82) is 0 Å². The number of hydrogen-bond acceptors (Lipinski definition) is 8. The van der Waals surface area contributed by atoms with Gasteiger partial charge in [-0.15, -0.1) is 0 Å². The standard InChI is InChI=1S/C33H42N4O7/c1-21(23-13-9-6-10-14-23)37-19-24-17-26(37)29(39)28(24)27(38)18-25(36-32(42)43-20-22-11-7-5-8-12-22)30(40)34-15-16-35-31(41)44-33(2,3)4/h5-14,21,24-26,28H,15-20H2,1-4H3,(H,34,40)(H,35,41)(H,36,42)/t21-,24+,25+,26+,28?/m0/s1. The molecule has 2 bridgehead atoms. The van der Waals surface area contributed by atoms with Crippen molar-refractivity contribution >= 4 is 29.7 Å². The van der Waals surface area contributed by atoms with Gasteiger partial charge in [-0.2, -0.15) is 0 Å². The molecule has 1 heterocycles. The molecule has 3 N–H and O–H groups in total. The van der Waals surface area contributed by atoms with Crippen LogP contribution in [0.5, 0.6) is 0 Å². The number of carbonyl (C=O) groups excluding carboxylic acids is 5. The normalized spacial score (nSPS) is 20.8. The molecule has 0 spiro atoms. The molecule has 1 aliphatic carbocycles. The zero-order chi connectivity index (χ0) is 31.9. The van der Waals surface area contributed by atoms with E-state index in [0.29, 0.717) is 13.0 Å². The highest BCUT2D eigenvalue weighted by Gasteiger charge is 2.55. The third-order valence-corrected chi connectivity index (χ3v) is 7.92. The van der Waals surface area contributed by atoms with E-state index in [9.17, 15) is 24.0 Å². The number of fused-ring (bicyclic) bond motifs is 2. The van der Waals surface area contributed by atoms with Gasteiger partial charge < -0.3 is 25.4 Å². The molecular weight excluding hydrogens is 564 g/mol. The summed E-state index contributed by atoms with van der Waals surface area (Å²) in [4.78, 5) is 66.8. The van der Waals surface area contributed by atoms with Crippen LogP contribution in [0.2, 0.25) is 0 Å². The van der Waals surface area contributed by atoms with Crippen molar-refractivity contribution in [2.75, 3.05) is 19.6 Å². The first-order valence-electron chi connectivity index (χ1n) is 15.0. The van der Waals surface area contributed by atoms with Crippen LogP contribution in [0.25, 0.3) is 0 Å². The van der Waals surface area contributed by atoms with Crippen LogP contribution in [0, 0.1) is 11.8 Å². The Balaban J connectivity index is 1.36. The summed E-state index contributed by atoms with van der Waals surface area (Å²) in [6.45, 7) is 7.95. The second-order valence-corrected chi connectivity index (χ2v) is 12.3. The molecule has 2 aliphatic rings. The third kappa shape index (κ3) is 8.66. The molecule has 5 atom stereocenters. The molecular formula is C33H42N4O7. The van der Waals surface area contributed by atoms with Crippen LogP contribution in [0.3, 0.4) is 0 Å². The second-order valence-electron chi connectivity index (χ2n) is 12.3. The van der Waals surface area contributed by atoms with E-state index in [1.165, 1.54) is 0 Å². The molecule has 2 aromatic rings. The number of nitrogens with zero attached hydrogens (tertiary/aromatic N) is 1. The first kappa shape index (κ1) is 32.7. The van der Waals surface area contributed by atoms with Crippen molar-refractivity contribution in [3.63, 3.8) is 0 Å². The summed E-state index contributed by atoms with van der Waals surface area (Å²) in [6.07, 6.45) is -1.27. The van der Waals surface area contributed by atoms with Crippen molar-refractivity contribution in [2.24, 2.45) is 11.8 Å². The van der Waals surface area contributed by atoms with Gasteiger partial charge in [-0.3, -0.25) is 19.3 Å². The number of Topliss-reactive ketones (excluding diaryl/α,β-unsaturated/α-hetero) is 2. The number of ether oxygens (including phenoxy) is 2. The lowest BCUT2D eigenvalue weighted by Gasteiger charge is -2.35. The highest BCUT2D eigenvalue weighted by molar-refractivity contribution is 6.08. The van der Waals surface area contributed by atoms with E-state index in [1.807, 2.05) is 48.5 Å². The molecule has 1 aliphatic heterocycles. The number of hydrogen-bond donors (Lipinski definition) is 3. The van der Waals surface area contributed by atoms with E-state index in [-0.39, 0.29) is 55.7 Å². The number of alkyl carbamates (subject to hydrolysis) is 2. The van der Waals surface area contributed by atoms with Crippen LogP contribution in [-0.2, 0) is 30.5 Å². The molecule has 1 unspecified atom stereocenters. The summed E-state index contributed by atoms with van der Waals surface area (Å²) in [5.74, 6) is -2.13. The maximum atomic E-state index is 13.5. The number of carbonyl (C=O) groups is 5. The number of amides is 3. The van der Waals surface area contributed by atoms with Gasteiger partial charge in [0.25, 0.3) is 0 Å². The summed E-state index contributed by atoms with van der Waals surface area (Å²) in [5, 5.41) is 7.68. The van der Waals surface area contributed by atoms with E-state index in [4.69, 9.17) is 9.47 Å². The van der Waals surface area contributed by atoms with Gasteiger partial charge in [0.1, 0.15) is 24.0 Å². The van der Waals surface area contributed by atoms with Gasteiger partial charge >= 0.3 is 12.2 Å². The SMILES string of the molecule is C[C@@H](c1ccccc1)N1C[C@H]2C[C@@H]1C(=O)C2C(=O)C[C@@H](NC(=O)OCc1ccccc1)C(=O)NCCNC(=O)OC(C)(C)C. The number of rotatable bonds is 12. The Kier molecular flexibility index (Phi) is 10.7. The molecule has 11 nitrogen and oxygen atoms in total. The summed E-state index contributed by atoms with van der Waals surface area (Å²) in [5.41, 5.74) is 1.19. The minimum Gasteiger partial charge on any atom is -0.445 e. The zero-order valence-electron chi connectivity index (χ0n) is 25.7. The Morgan fingerprint density at radius 1 is 0.932 bits per heavy atom. The Bertz CT molecular complexity index is 1330. The third-order valence-electron chi connectivity index (χ3n) is 7.92. The van der Waals surface area contributed by atoms with Crippen LogP contribution in [0.15, 0.2) is 60.7 Å². The van der Waals surface area contributed by atoms with Crippen LogP contribution in [0.4, 0.5) is 9.59 Å². The fourth-order valence-corrected chi connectivity index (χ4v) is 5.86. The quantitative estimate of drug-likeness (QED) is 0.246. The van der Waals surface area contributed by atoms with Gasteiger partial charge in [0, 0.05) is 32.1 Å². The molecule has 11 heteroatoms. The molecule has 236 valence electrons. The van der Waals surface area contributed by atoms with Crippen molar-refractivity contribution < 1.29 is 33.4 Å². The first-order valence-corrected chi connectivity index (χ1v) is 15.0. The number of ketones is 2. The summed E-state index contributed by atoms with van der Waals surface area (Å²) < 4.78 is 10.5. The van der Waals surface area contributed by atoms with Crippen molar-refractivity contribution in [3.8, 4) is 0 Å². The Morgan fingerprint density at radius 3 is 2.20 bits per heavy atom. The van der Waals surface area contributed by atoms with Crippen LogP contribution in [-0.4, -0.2) is 71.9 Å². The molecule has 0 radical (unpaired) electrons. The topological polar surface area (TPSA) is 143 Å². The van der Waals surface area contributed by atoms with E-state index in [2.05, 4.69) is 27.8 Å². The van der Waals surface area contributed by atoms with Crippen LogP contribution < -0.4 is 16.0 Å². The summed E-state index contributed by atoms with van der Waals surface area (Å²) in [6, 6.07) is 17.4. The van der Waals surface area contributed by atoms with E-state index in [0.717, 1.165) is 11.1 Å². The van der Waals surface area contributed by atoms with Gasteiger partial charge in [-0.25, -0.2) is 9.59 Å². The fraction of sp³-hybridized carbons (Fsp3) is 0.485. The molecule has 1 saturated carbocycles. The summed E-state index contributed by atoms with van der Waals surface area (Å²) in [7, 11) is 0. The minimum atomic E-state index is -1.27. The highest BCUT2D eigenvalue weighted by Crippen LogP contribution is 2.44. The second kappa shape index (κ2) is 14.5. The zero-order valence-corrected chi connectivity index (χ0v) is 25.7. The average molecular weight is 607 g/mol. The number of piperidine rings is 1. The average Bonchev–Trinajstić information content (AvgIpc) is 3.56. The minimum absolute atomic E-state index is 0.0188. The molecule has 2 fully saturated rings. The molecule has 2 aromatic carbocycles. The van der Waals surface area contributed by atoms with E-state index >= 15 is 0 Å². The lowest BCUT2D eigenvalue weighted by Crippen LogP contribution is -2.51. The van der Waals surface area contributed by atoms with E-state index in [1.54, 1.807) is 32.9 Å². The van der Waals surface area contributed by atoms with Gasteiger partial charge in [-0.1, -0.05) is 60.7 Å². The monoisotopic (exact) mass is 606 g/mol. The predicted octanol–water partition coefficient (Wildman–Crippen LogP) is 3.53. The molecule has 3 amide bonds. The molecule has 44 heavy (non-hydrogen) atoms. The van der Waals surface area contributed by atoms with Crippen molar-refractivity contribution in [3.05, 3.63) is 71.8 Å². The Hall–Kier alpha value is -4.25. The van der Waals surface area contributed by atoms with Crippen LogP contribution >= 0.6 is 0 Å². The highest BCUT2D eigenvalue weighted by atomic mass is 16.6. The lowest BCUT2D eigenvalue weighted by atomic mass is 9.86. The van der Waals surface area contributed by atoms with Crippen molar-refractivity contribution in [1.82, 2.24) is 20.9 Å². The largest absolute Gasteiger partial charge is 0.445 e. The van der Waals surface area contributed by atoms with Crippen molar-refractivity contribution in [2.45, 2.75) is 70.9 Å². The van der Waals surface area contributed by atoms with Gasteiger partial charge in [-0.05, 0) is 51.2 Å². The van der Waals surface area contributed by atoms with Gasteiger partial charge in [0.05, 0.1) is 12.0 Å². The van der Waals surface area contributed by atoms with Gasteiger partial charge in [0.15, 0.2) is 5.78 Å². The Morgan fingerprint density at radius 2 is 1.57 bits per heavy atom. The smallest absolute Gasteiger partial charge is 0.408 e. The molecule has 4 rings (SSSR count). The molecule has 1 saturated heterocycles. The number of benzene rings is 2. The van der Waals surface area contributed by atoms with Crippen LogP contribution in [0.1, 0.15) is 57.7 Å². The Labute approximate surface area is 258 Å². The summed E-state index contributed by atoms with van der Waals surface area (Å²) >= 11 is 0. The maximum Gasteiger partial charge on any atom is 0.408 e. The maximum absolute atomic E-state index is 13.5. The van der Waals surface area contributed by atoms with E-state index < -0.39 is 35.7 Å². The fourth-order valence-electron chi connectivity index (χ4n) is 5.86. The predicted molar refractivity (Wildman–Crippen MR) is 162 cm³/mol. The number of nitrogens with one attached hydrogen (secondary N) is 3.